The number of anilines is 1. The quantitative estimate of drug-likeness (QED) is 0.714. The fraction of sp³-hybridized carbons (Fsp3) is 0.625. The van der Waals surface area contributed by atoms with Crippen LogP contribution in [0.5, 0.6) is 5.75 Å². The second-order valence-corrected chi connectivity index (χ2v) is 5.16. The van der Waals surface area contributed by atoms with Crippen molar-refractivity contribution < 1.29 is 9.47 Å². The maximum absolute atomic E-state index is 5.59. The lowest BCUT2D eigenvalue weighted by Crippen LogP contribution is -2.46. The minimum Gasteiger partial charge on any atom is -0.491 e. The van der Waals surface area contributed by atoms with Gasteiger partial charge in [-0.15, -0.1) is 0 Å². The highest BCUT2D eigenvalue weighted by atomic mass is 16.5. The molecular formula is C16H26N2O2. The van der Waals surface area contributed by atoms with Crippen molar-refractivity contribution in [3.63, 3.8) is 0 Å². The molecule has 0 amide bonds. The van der Waals surface area contributed by atoms with Crippen LogP contribution in [-0.2, 0) is 4.74 Å². The number of piperazine rings is 1. The van der Waals surface area contributed by atoms with Crippen molar-refractivity contribution in [2.24, 2.45) is 0 Å². The molecule has 1 saturated heterocycles. The van der Waals surface area contributed by atoms with Gasteiger partial charge in [-0.3, -0.25) is 4.90 Å². The molecule has 0 saturated carbocycles. The first-order chi connectivity index (χ1) is 9.83. The zero-order chi connectivity index (χ0) is 14.2. The van der Waals surface area contributed by atoms with Gasteiger partial charge < -0.3 is 14.4 Å². The Balaban J connectivity index is 1.81. The second kappa shape index (κ2) is 8.12. The van der Waals surface area contributed by atoms with Crippen molar-refractivity contribution in [1.29, 1.82) is 0 Å². The predicted octanol–water partition coefficient (Wildman–Crippen LogP) is 2.24. The predicted molar refractivity (Wildman–Crippen MR) is 82.8 cm³/mol. The summed E-state index contributed by atoms with van der Waals surface area (Å²) in [7, 11) is 1.69. The molecule has 112 valence electrons. The molecular weight excluding hydrogens is 252 g/mol. The van der Waals surface area contributed by atoms with Gasteiger partial charge in [0.25, 0.3) is 0 Å². The van der Waals surface area contributed by atoms with Crippen molar-refractivity contribution in [3.8, 4) is 5.75 Å². The number of rotatable bonds is 7. The van der Waals surface area contributed by atoms with Crippen LogP contribution in [-0.4, -0.2) is 57.9 Å². The van der Waals surface area contributed by atoms with Gasteiger partial charge >= 0.3 is 0 Å². The van der Waals surface area contributed by atoms with Crippen LogP contribution in [0.15, 0.2) is 24.3 Å². The third-order valence-electron chi connectivity index (χ3n) is 3.67. The van der Waals surface area contributed by atoms with Crippen LogP contribution in [0.4, 0.5) is 5.69 Å². The smallest absolute Gasteiger partial charge is 0.119 e. The van der Waals surface area contributed by atoms with Crippen LogP contribution in [0.3, 0.4) is 0 Å². The minimum atomic E-state index is 0.603. The molecule has 1 aromatic carbocycles. The monoisotopic (exact) mass is 278 g/mol. The summed E-state index contributed by atoms with van der Waals surface area (Å²) in [5.41, 5.74) is 1.29. The zero-order valence-electron chi connectivity index (χ0n) is 12.7. The molecule has 1 heterocycles. The minimum absolute atomic E-state index is 0.603. The van der Waals surface area contributed by atoms with Crippen LogP contribution < -0.4 is 9.64 Å². The first-order valence-corrected chi connectivity index (χ1v) is 7.52. The van der Waals surface area contributed by atoms with Crippen molar-refractivity contribution in [2.75, 3.05) is 57.9 Å². The van der Waals surface area contributed by atoms with Crippen molar-refractivity contribution >= 4 is 5.69 Å². The Morgan fingerprint density at radius 3 is 2.30 bits per heavy atom. The van der Waals surface area contributed by atoms with Gasteiger partial charge in [0.05, 0.1) is 6.61 Å². The first-order valence-electron chi connectivity index (χ1n) is 7.52. The Morgan fingerprint density at radius 2 is 1.70 bits per heavy atom. The molecule has 1 aromatic rings. The summed E-state index contributed by atoms with van der Waals surface area (Å²) in [5.74, 6) is 0.912. The topological polar surface area (TPSA) is 24.9 Å². The lowest BCUT2D eigenvalue weighted by Gasteiger charge is -2.36. The van der Waals surface area contributed by atoms with Crippen LogP contribution in [0.2, 0.25) is 0 Å². The largest absolute Gasteiger partial charge is 0.491 e. The van der Waals surface area contributed by atoms with Crippen LogP contribution >= 0.6 is 0 Å². The van der Waals surface area contributed by atoms with Crippen molar-refractivity contribution in [1.82, 2.24) is 4.90 Å². The van der Waals surface area contributed by atoms with E-state index in [4.69, 9.17) is 9.47 Å². The number of nitrogens with zero attached hydrogens (tertiary/aromatic N) is 2. The molecule has 0 bridgehead atoms. The fourth-order valence-electron chi connectivity index (χ4n) is 2.54. The molecule has 1 aliphatic heterocycles. The van der Waals surface area contributed by atoms with E-state index in [0.29, 0.717) is 13.2 Å². The Labute approximate surface area is 122 Å². The number of methoxy groups -OCH3 is 1. The van der Waals surface area contributed by atoms with E-state index in [0.717, 1.165) is 18.8 Å². The molecule has 0 unspecified atom stereocenters. The highest BCUT2D eigenvalue weighted by Crippen LogP contribution is 2.20. The van der Waals surface area contributed by atoms with E-state index in [-0.39, 0.29) is 0 Å². The van der Waals surface area contributed by atoms with Crippen LogP contribution in [0, 0.1) is 0 Å². The molecule has 0 N–H and O–H groups in total. The van der Waals surface area contributed by atoms with Gasteiger partial charge in [-0.25, -0.2) is 0 Å². The lowest BCUT2D eigenvalue weighted by molar-refractivity contribution is 0.146. The van der Waals surface area contributed by atoms with E-state index in [1.807, 2.05) is 12.1 Å². The number of hydrogen-bond donors (Lipinski definition) is 0. The van der Waals surface area contributed by atoms with E-state index in [1.54, 1.807) is 7.11 Å². The molecule has 0 radical (unpaired) electrons. The second-order valence-electron chi connectivity index (χ2n) is 5.16. The van der Waals surface area contributed by atoms with E-state index < -0.39 is 0 Å². The lowest BCUT2D eigenvalue weighted by atomic mass is 10.2. The summed E-state index contributed by atoms with van der Waals surface area (Å²) in [6, 6.07) is 8.39. The SMILES string of the molecule is CCCN1CCN(c2ccc(OCCOC)cc2)CC1. The van der Waals surface area contributed by atoms with E-state index >= 15 is 0 Å². The first kappa shape index (κ1) is 15.1. The molecule has 4 nitrogen and oxygen atoms in total. The van der Waals surface area contributed by atoms with E-state index in [1.165, 1.54) is 31.7 Å². The fourth-order valence-corrected chi connectivity index (χ4v) is 2.54. The van der Waals surface area contributed by atoms with Crippen molar-refractivity contribution in [2.45, 2.75) is 13.3 Å². The van der Waals surface area contributed by atoms with E-state index in [2.05, 4.69) is 28.9 Å². The summed E-state index contributed by atoms with van der Waals surface area (Å²) in [5, 5.41) is 0. The van der Waals surface area contributed by atoms with Gasteiger partial charge in [-0.05, 0) is 37.2 Å². The third-order valence-corrected chi connectivity index (χ3v) is 3.67. The zero-order valence-corrected chi connectivity index (χ0v) is 12.7. The Bertz CT molecular complexity index is 373. The highest BCUT2D eigenvalue weighted by molar-refractivity contribution is 5.49. The standard InChI is InChI=1S/C16H26N2O2/c1-3-8-17-9-11-18(12-10-17)15-4-6-16(7-5-15)20-14-13-19-2/h4-7H,3,8-14H2,1-2H3. The Hall–Kier alpha value is -1.26. The average molecular weight is 278 g/mol. The molecule has 4 heteroatoms. The van der Waals surface area contributed by atoms with Crippen LogP contribution in [0.1, 0.15) is 13.3 Å². The van der Waals surface area contributed by atoms with Gasteiger partial charge in [0.1, 0.15) is 12.4 Å². The Morgan fingerprint density at radius 1 is 1.00 bits per heavy atom. The van der Waals surface area contributed by atoms with Gasteiger partial charge in [-0.2, -0.15) is 0 Å². The summed E-state index contributed by atoms with van der Waals surface area (Å²) in [6.07, 6.45) is 1.24. The number of benzene rings is 1. The molecule has 2 rings (SSSR count). The summed E-state index contributed by atoms with van der Waals surface area (Å²) in [4.78, 5) is 4.99. The average Bonchev–Trinajstić information content (AvgIpc) is 2.49. The molecule has 0 aliphatic carbocycles. The van der Waals surface area contributed by atoms with Gasteiger partial charge in [0.15, 0.2) is 0 Å². The summed E-state index contributed by atoms with van der Waals surface area (Å²) >= 11 is 0. The van der Waals surface area contributed by atoms with E-state index in [9.17, 15) is 0 Å². The number of ether oxygens (including phenoxy) is 2. The van der Waals surface area contributed by atoms with Gasteiger partial charge in [-0.1, -0.05) is 6.92 Å². The van der Waals surface area contributed by atoms with Gasteiger partial charge in [0, 0.05) is 39.0 Å². The van der Waals surface area contributed by atoms with Crippen LogP contribution in [0.25, 0.3) is 0 Å². The molecule has 0 spiro atoms. The summed E-state index contributed by atoms with van der Waals surface area (Å²) in [6.45, 7) is 9.26. The molecule has 1 aliphatic rings. The molecule has 20 heavy (non-hydrogen) atoms. The maximum atomic E-state index is 5.59. The molecule has 1 fully saturated rings. The Kier molecular flexibility index (Phi) is 6.15. The molecule has 0 aromatic heterocycles. The van der Waals surface area contributed by atoms with Crippen molar-refractivity contribution in [3.05, 3.63) is 24.3 Å². The summed E-state index contributed by atoms with van der Waals surface area (Å²) < 4.78 is 10.6. The highest BCUT2D eigenvalue weighted by Gasteiger charge is 2.16. The third kappa shape index (κ3) is 4.39. The molecule has 0 atom stereocenters. The maximum Gasteiger partial charge on any atom is 0.119 e. The van der Waals surface area contributed by atoms with Gasteiger partial charge in [0.2, 0.25) is 0 Å². The number of hydrogen-bond acceptors (Lipinski definition) is 4. The normalized spacial score (nSPS) is 16.4.